The van der Waals surface area contributed by atoms with Crippen LogP contribution >= 0.6 is 0 Å². The Morgan fingerprint density at radius 2 is 1.67 bits per heavy atom. The number of rotatable bonds is 4. The summed E-state index contributed by atoms with van der Waals surface area (Å²) in [4.78, 5) is 23.4. The van der Waals surface area contributed by atoms with Crippen LogP contribution in [0.5, 0.6) is 0 Å². The van der Waals surface area contributed by atoms with Crippen molar-refractivity contribution in [2.45, 2.75) is 23.8 Å². The van der Waals surface area contributed by atoms with E-state index in [2.05, 4.69) is 9.97 Å². The van der Waals surface area contributed by atoms with E-state index in [0.29, 0.717) is 24.5 Å². The maximum absolute atomic E-state index is 14.1. The highest BCUT2D eigenvalue weighted by atomic mass is 32.2. The molecule has 0 aliphatic carbocycles. The van der Waals surface area contributed by atoms with Gasteiger partial charge in [0.15, 0.2) is 0 Å². The third kappa shape index (κ3) is 3.61. The van der Waals surface area contributed by atoms with E-state index in [1.165, 1.54) is 6.33 Å². The van der Waals surface area contributed by atoms with Gasteiger partial charge in [0.05, 0.1) is 4.90 Å². The zero-order valence-electron chi connectivity index (χ0n) is 20.2. The highest BCUT2D eigenvalue weighted by Crippen LogP contribution is 2.42. The first-order valence-corrected chi connectivity index (χ1v) is 13.5. The Morgan fingerprint density at radius 3 is 2.44 bits per heavy atom. The van der Waals surface area contributed by atoms with Crippen molar-refractivity contribution in [3.63, 3.8) is 0 Å². The standard InChI is InChI=1S/C27H27N5O3S/c1-30(2)24-7-3-6-23-22(24)5-4-8-25(23)36(34,35)31-14-18-11-19(16-31)27-21(20-12-28-17-29-13-20)9-10-26(33)32(27)15-18/h3-10,12-13,17-19H,11,14-16H2,1-2H3/t18-,19+/m0/s1. The lowest BCUT2D eigenvalue weighted by atomic mass is 9.81. The second-order valence-corrected chi connectivity index (χ2v) is 11.8. The van der Waals surface area contributed by atoms with E-state index < -0.39 is 10.0 Å². The molecule has 2 aromatic heterocycles. The molecule has 36 heavy (non-hydrogen) atoms. The number of pyridine rings is 1. The number of hydrogen-bond donors (Lipinski definition) is 0. The number of aromatic nitrogens is 3. The second kappa shape index (κ2) is 8.53. The molecule has 0 saturated carbocycles. The van der Waals surface area contributed by atoms with Gasteiger partial charge in [0.25, 0.3) is 5.56 Å². The molecule has 4 aromatic rings. The lowest BCUT2D eigenvalue weighted by Crippen LogP contribution is -2.49. The first-order chi connectivity index (χ1) is 17.3. The molecule has 4 heterocycles. The van der Waals surface area contributed by atoms with E-state index >= 15 is 0 Å². The number of nitrogens with zero attached hydrogens (tertiary/aromatic N) is 5. The number of fused-ring (bicyclic) bond motifs is 5. The van der Waals surface area contributed by atoms with E-state index in [1.807, 2.05) is 60.0 Å². The number of piperidine rings is 1. The van der Waals surface area contributed by atoms with Gasteiger partial charge < -0.3 is 9.47 Å². The van der Waals surface area contributed by atoms with Crippen LogP contribution in [0.3, 0.4) is 0 Å². The Balaban J connectivity index is 1.44. The van der Waals surface area contributed by atoms with Crippen LogP contribution in [-0.4, -0.2) is 54.4 Å². The second-order valence-electron chi connectivity index (χ2n) is 9.85. The maximum atomic E-state index is 14.1. The summed E-state index contributed by atoms with van der Waals surface area (Å²) in [7, 11) is 0.149. The zero-order chi connectivity index (χ0) is 25.0. The SMILES string of the molecule is CN(C)c1cccc2c(S(=O)(=O)N3C[C@@H]4C[C@H](C3)c3c(-c5cncnc5)ccc(=O)n3C4)cccc12. The molecule has 6 rings (SSSR count). The van der Waals surface area contributed by atoms with Crippen LogP contribution in [0.1, 0.15) is 18.0 Å². The number of benzene rings is 2. The number of anilines is 1. The molecule has 2 bridgehead atoms. The van der Waals surface area contributed by atoms with Crippen LogP contribution < -0.4 is 10.5 Å². The Bertz CT molecular complexity index is 1630. The molecule has 1 fully saturated rings. The third-order valence-electron chi connectivity index (χ3n) is 7.39. The molecule has 0 unspecified atom stereocenters. The van der Waals surface area contributed by atoms with Gasteiger partial charge >= 0.3 is 0 Å². The van der Waals surface area contributed by atoms with Crippen molar-refractivity contribution >= 4 is 26.5 Å². The van der Waals surface area contributed by atoms with Gasteiger partial charge in [-0.2, -0.15) is 4.31 Å². The third-order valence-corrected chi connectivity index (χ3v) is 9.28. The highest BCUT2D eigenvalue weighted by molar-refractivity contribution is 7.89. The van der Waals surface area contributed by atoms with Crippen LogP contribution in [0, 0.1) is 5.92 Å². The van der Waals surface area contributed by atoms with Gasteiger partial charge in [0.2, 0.25) is 10.0 Å². The van der Waals surface area contributed by atoms with Gasteiger partial charge in [-0.25, -0.2) is 18.4 Å². The van der Waals surface area contributed by atoms with Crippen molar-refractivity contribution in [3.05, 3.63) is 83.3 Å². The average molecular weight is 502 g/mol. The van der Waals surface area contributed by atoms with Crippen LogP contribution in [0.15, 0.2) is 76.9 Å². The predicted octanol–water partition coefficient (Wildman–Crippen LogP) is 3.33. The summed E-state index contributed by atoms with van der Waals surface area (Å²) in [6, 6.07) is 14.6. The number of sulfonamides is 1. The van der Waals surface area contributed by atoms with E-state index in [4.69, 9.17) is 0 Å². The molecule has 2 aliphatic rings. The average Bonchev–Trinajstić information content (AvgIpc) is 2.88. The zero-order valence-corrected chi connectivity index (χ0v) is 21.0. The van der Waals surface area contributed by atoms with Crippen LogP contribution in [0.2, 0.25) is 0 Å². The number of hydrogen-bond acceptors (Lipinski definition) is 6. The van der Waals surface area contributed by atoms with Crippen LogP contribution in [-0.2, 0) is 16.6 Å². The summed E-state index contributed by atoms with van der Waals surface area (Å²) in [5.41, 5.74) is 3.51. The largest absolute Gasteiger partial charge is 0.377 e. The van der Waals surface area contributed by atoms with Gasteiger partial charge in [-0.05, 0) is 30.5 Å². The van der Waals surface area contributed by atoms with E-state index in [0.717, 1.165) is 39.7 Å². The molecule has 2 aliphatic heterocycles. The summed E-state index contributed by atoms with van der Waals surface area (Å²) < 4.78 is 31.6. The quantitative estimate of drug-likeness (QED) is 0.426. The van der Waals surface area contributed by atoms with Gasteiger partial charge in [0, 0.05) is 91.4 Å². The molecule has 8 nitrogen and oxygen atoms in total. The van der Waals surface area contributed by atoms with Gasteiger partial charge in [0.1, 0.15) is 6.33 Å². The van der Waals surface area contributed by atoms with Crippen molar-refractivity contribution in [3.8, 4) is 11.1 Å². The molecule has 0 spiro atoms. The van der Waals surface area contributed by atoms with Gasteiger partial charge in [-0.1, -0.05) is 24.3 Å². The summed E-state index contributed by atoms with van der Waals surface area (Å²) in [6.45, 7) is 1.22. The summed E-state index contributed by atoms with van der Waals surface area (Å²) in [5.74, 6) is -0.0259. The Labute approximate surface area is 209 Å². The highest BCUT2D eigenvalue weighted by Gasteiger charge is 2.41. The molecular weight excluding hydrogens is 474 g/mol. The van der Waals surface area contributed by atoms with Crippen molar-refractivity contribution in [1.29, 1.82) is 0 Å². The van der Waals surface area contributed by atoms with Gasteiger partial charge in [-0.3, -0.25) is 4.79 Å². The van der Waals surface area contributed by atoms with Crippen LogP contribution in [0.25, 0.3) is 21.9 Å². The lowest BCUT2D eigenvalue weighted by molar-refractivity contribution is 0.187. The fourth-order valence-corrected chi connectivity index (χ4v) is 7.64. The summed E-state index contributed by atoms with van der Waals surface area (Å²) in [6.07, 6.45) is 5.78. The minimum atomic E-state index is -3.76. The Hall–Kier alpha value is -3.56. The molecule has 2 atom stereocenters. The maximum Gasteiger partial charge on any atom is 0.250 e. The minimum Gasteiger partial charge on any atom is -0.377 e. The first-order valence-electron chi connectivity index (χ1n) is 12.0. The Morgan fingerprint density at radius 1 is 0.917 bits per heavy atom. The predicted molar refractivity (Wildman–Crippen MR) is 140 cm³/mol. The van der Waals surface area contributed by atoms with Crippen molar-refractivity contribution < 1.29 is 8.42 Å². The monoisotopic (exact) mass is 501 g/mol. The first kappa shape index (κ1) is 22.9. The molecule has 2 aromatic carbocycles. The normalized spacial score (nSPS) is 19.7. The van der Waals surface area contributed by atoms with Crippen molar-refractivity contribution in [2.75, 3.05) is 32.1 Å². The molecule has 1 saturated heterocycles. The van der Waals surface area contributed by atoms with Gasteiger partial charge in [-0.15, -0.1) is 0 Å². The molecule has 184 valence electrons. The van der Waals surface area contributed by atoms with Crippen LogP contribution in [0.4, 0.5) is 5.69 Å². The van der Waals surface area contributed by atoms with E-state index in [1.54, 1.807) is 28.8 Å². The Kier molecular flexibility index (Phi) is 5.42. The summed E-state index contributed by atoms with van der Waals surface area (Å²) >= 11 is 0. The van der Waals surface area contributed by atoms with E-state index in [-0.39, 0.29) is 17.4 Å². The molecule has 9 heteroatoms. The fraction of sp³-hybridized carbons (Fsp3) is 0.296. The fourth-order valence-electron chi connectivity index (χ4n) is 5.87. The molecule has 0 amide bonds. The molecule has 0 N–H and O–H groups in total. The van der Waals surface area contributed by atoms with E-state index in [9.17, 15) is 13.2 Å². The minimum absolute atomic E-state index is 0.0538. The molecular formula is C27H27N5O3S. The molecule has 0 radical (unpaired) electrons. The topological polar surface area (TPSA) is 88.4 Å². The van der Waals surface area contributed by atoms with Crippen molar-refractivity contribution in [1.82, 2.24) is 18.8 Å². The lowest BCUT2D eigenvalue weighted by Gasteiger charge is -2.43. The van der Waals surface area contributed by atoms with Crippen molar-refractivity contribution in [2.24, 2.45) is 5.92 Å². The summed E-state index contributed by atoms with van der Waals surface area (Å²) in [5, 5.41) is 1.63. The smallest absolute Gasteiger partial charge is 0.250 e.